The van der Waals surface area contributed by atoms with Gasteiger partial charge in [-0.3, -0.25) is 9.59 Å². The Morgan fingerprint density at radius 2 is 1.57 bits per heavy atom. The van der Waals surface area contributed by atoms with Gasteiger partial charge in [-0.25, -0.2) is 9.18 Å². The Bertz CT molecular complexity index is 832. The van der Waals surface area contributed by atoms with Crippen LogP contribution in [0.25, 0.3) is 0 Å². The number of para-hydroxylation sites is 1. The highest BCUT2D eigenvalue weighted by atomic mass is 19.1. The van der Waals surface area contributed by atoms with Crippen LogP contribution in [0.5, 0.6) is 5.75 Å². The lowest BCUT2D eigenvalue weighted by Gasteiger charge is -2.11. The monoisotopic (exact) mass is 388 g/mol. The van der Waals surface area contributed by atoms with Gasteiger partial charge in [-0.05, 0) is 49.2 Å². The summed E-state index contributed by atoms with van der Waals surface area (Å²) in [6.07, 6.45) is 0. The van der Waals surface area contributed by atoms with E-state index in [1.165, 1.54) is 24.3 Å². The van der Waals surface area contributed by atoms with E-state index in [1.54, 1.807) is 0 Å². The fraction of sp³-hybridized carbons (Fsp3) is 0.250. The van der Waals surface area contributed by atoms with Gasteiger partial charge in [-0.1, -0.05) is 18.2 Å². The lowest BCUT2D eigenvalue weighted by atomic mass is 10.1. The first-order valence-electron chi connectivity index (χ1n) is 8.52. The molecule has 0 aliphatic heterocycles. The minimum Gasteiger partial charge on any atom is -0.481 e. The van der Waals surface area contributed by atoms with Gasteiger partial charge in [0.05, 0.1) is 6.54 Å². The molecule has 0 aliphatic rings. The maximum atomic E-state index is 12.8. The van der Waals surface area contributed by atoms with Gasteiger partial charge < -0.3 is 20.1 Å². The highest BCUT2D eigenvalue weighted by molar-refractivity contribution is 5.94. The van der Waals surface area contributed by atoms with Crippen LogP contribution in [-0.4, -0.2) is 37.5 Å². The zero-order valence-corrected chi connectivity index (χ0v) is 15.6. The van der Waals surface area contributed by atoms with Crippen molar-refractivity contribution >= 4 is 23.5 Å². The molecule has 0 aliphatic carbocycles. The van der Waals surface area contributed by atoms with Crippen molar-refractivity contribution in [2.75, 3.05) is 25.1 Å². The van der Waals surface area contributed by atoms with Crippen LogP contribution in [0, 0.1) is 19.7 Å². The normalized spacial score (nSPS) is 10.1. The molecular weight excluding hydrogens is 367 g/mol. The molecule has 8 heteroatoms. The molecule has 2 N–H and O–H groups in total. The fourth-order valence-electron chi connectivity index (χ4n) is 2.31. The standard InChI is InChI=1S/C20H21FN2O5/c1-13-4-3-5-14(2)20(13)28-12-19(26)27-11-18(25)22-10-17(24)23-16-8-6-15(21)7-9-16/h3-9H,10-12H2,1-2H3,(H,22,25)(H,23,24). The summed E-state index contributed by atoms with van der Waals surface area (Å²) in [5.74, 6) is -1.65. The van der Waals surface area contributed by atoms with Gasteiger partial charge >= 0.3 is 5.97 Å². The van der Waals surface area contributed by atoms with Gasteiger partial charge in [0.1, 0.15) is 11.6 Å². The Morgan fingerprint density at radius 3 is 2.21 bits per heavy atom. The fourth-order valence-corrected chi connectivity index (χ4v) is 2.31. The number of amides is 2. The SMILES string of the molecule is Cc1cccc(C)c1OCC(=O)OCC(=O)NCC(=O)Nc1ccc(F)cc1. The van der Waals surface area contributed by atoms with E-state index in [9.17, 15) is 18.8 Å². The number of ether oxygens (including phenoxy) is 2. The topological polar surface area (TPSA) is 93.7 Å². The van der Waals surface area contributed by atoms with Crippen LogP contribution in [0.2, 0.25) is 0 Å². The molecule has 2 aromatic carbocycles. The summed E-state index contributed by atoms with van der Waals surface area (Å²) in [4.78, 5) is 35.1. The summed E-state index contributed by atoms with van der Waals surface area (Å²) >= 11 is 0. The van der Waals surface area contributed by atoms with E-state index < -0.39 is 30.2 Å². The Hall–Kier alpha value is -3.42. The average Bonchev–Trinajstić information content (AvgIpc) is 2.66. The minimum absolute atomic E-state index is 0.313. The van der Waals surface area contributed by atoms with Crippen molar-refractivity contribution in [2.45, 2.75) is 13.8 Å². The number of esters is 1. The smallest absolute Gasteiger partial charge is 0.344 e. The molecule has 0 atom stereocenters. The van der Waals surface area contributed by atoms with E-state index >= 15 is 0 Å². The molecule has 7 nitrogen and oxygen atoms in total. The van der Waals surface area contributed by atoms with E-state index in [0.717, 1.165) is 11.1 Å². The lowest BCUT2D eigenvalue weighted by molar-refractivity contribution is -0.150. The number of nitrogens with one attached hydrogen (secondary N) is 2. The second-order valence-electron chi connectivity index (χ2n) is 6.00. The number of hydrogen-bond acceptors (Lipinski definition) is 5. The van der Waals surface area contributed by atoms with Gasteiger partial charge in [0.25, 0.3) is 5.91 Å². The molecule has 148 valence electrons. The summed E-state index contributed by atoms with van der Waals surface area (Å²) < 4.78 is 23.1. The van der Waals surface area contributed by atoms with E-state index in [0.29, 0.717) is 11.4 Å². The third-order valence-corrected chi connectivity index (χ3v) is 3.68. The first-order valence-corrected chi connectivity index (χ1v) is 8.52. The third-order valence-electron chi connectivity index (χ3n) is 3.68. The zero-order valence-electron chi connectivity index (χ0n) is 15.6. The van der Waals surface area contributed by atoms with Crippen LogP contribution >= 0.6 is 0 Å². The van der Waals surface area contributed by atoms with E-state index in [4.69, 9.17) is 9.47 Å². The van der Waals surface area contributed by atoms with Crippen LogP contribution in [0.15, 0.2) is 42.5 Å². The Kier molecular flexibility index (Phi) is 7.50. The van der Waals surface area contributed by atoms with Gasteiger partial charge in [-0.15, -0.1) is 0 Å². The number of hydrogen-bond donors (Lipinski definition) is 2. The largest absolute Gasteiger partial charge is 0.481 e. The molecule has 0 bridgehead atoms. The van der Waals surface area contributed by atoms with Crippen molar-refractivity contribution in [3.05, 3.63) is 59.4 Å². The van der Waals surface area contributed by atoms with Crippen LogP contribution in [0.3, 0.4) is 0 Å². The van der Waals surface area contributed by atoms with Gasteiger partial charge in [0.15, 0.2) is 13.2 Å². The molecule has 0 fully saturated rings. The predicted molar refractivity (Wildman–Crippen MR) is 100 cm³/mol. The van der Waals surface area contributed by atoms with Crippen molar-refractivity contribution in [1.29, 1.82) is 0 Å². The molecule has 0 heterocycles. The van der Waals surface area contributed by atoms with E-state index in [1.807, 2.05) is 32.0 Å². The first kappa shape index (κ1) is 20.9. The summed E-state index contributed by atoms with van der Waals surface area (Å²) in [6, 6.07) is 10.8. The minimum atomic E-state index is -0.700. The molecule has 2 aromatic rings. The summed E-state index contributed by atoms with van der Waals surface area (Å²) in [5, 5.41) is 4.81. The molecule has 0 radical (unpaired) electrons. The third kappa shape index (κ3) is 6.71. The molecule has 0 aromatic heterocycles. The average molecular weight is 388 g/mol. The molecule has 0 saturated heterocycles. The number of benzene rings is 2. The Morgan fingerprint density at radius 1 is 0.929 bits per heavy atom. The lowest BCUT2D eigenvalue weighted by Crippen LogP contribution is -2.36. The maximum Gasteiger partial charge on any atom is 0.344 e. The van der Waals surface area contributed by atoms with Crippen molar-refractivity contribution in [3.63, 3.8) is 0 Å². The molecule has 0 spiro atoms. The van der Waals surface area contributed by atoms with Crippen LogP contribution in [0.1, 0.15) is 11.1 Å². The van der Waals surface area contributed by atoms with Crippen molar-refractivity contribution in [1.82, 2.24) is 5.32 Å². The molecular formula is C20H21FN2O5. The van der Waals surface area contributed by atoms with E-state index in [-0.39, 0.29) is 13.2 Å². The quantitative estimate of drug-likeness (QED) is 0.676. The molecule has 28 heavy (non-hydrogen) atoms. The first-order chi connectivity index (χ1) is 13.3. The van der Waals surface area contributed by atoms with Crippen molar-refractivity contribution in [2.24, 2.45) is 0 Å². The predicted octanol–water partition coefficient (Wildman–Crippen LogP) is 2.12. The van der Waals surface area contributed by atoms with Gasteiger partial charge in [0.2, 0.25) is 5.91 Å². The summed E-state index contributed by atoms with van der Waals surface area (Å²) in [7, 11) is 0. The number of carbonyl (C=O) groups is 3. The maximum absolute atomic E-state index is 12.8. The molecule has 0 unspecified atom stereocenters. The highest BCUT2D eigenvalue weighted by Crippen LogP contribution is 2.22. The molecule has 2 rings (SSSR count). The van der Waals surface area contributed by atoms with Crippen LogP contribution in [0.4, 0.5) is 10.1 Å². The van der Waals surface area contributed by atoms with Crippen LogP contribution in [-0.2, 0) is 19.1 Å². The number of carbonyl (C=O) groups excluding carboxylic acids is 3. The Balaban J connectivity index is 1.66. The summed E-state index contributed by atoms with van der Waals surface area (Å²) in [6.45, 7) is 2.55. The van der Waals surface area contributed by atoms with Gasteiger partial charge in [0, 0.05) is 5.69 Å². The Labute approximate surface area is 161 Å². The molecule has 0 saturated carbocycles. The second-order valence-corrected chi connectivity index (χ2v) is 6.00. The van der Waals surface area contributed by atoms with Gasteiger partial charge in [-0.2, -0.15) is 0 Å². The summed E-state index contributed by atoms with van der Waals surface area (Å²) in [5.41, 5.74) is 2.17. The number of anilines is 1. The van der Waals surface area contributed by atoms with Crippen molar-refractivity contribution < 1.29 is 28.2 Å². The number of halogens is 1. The van der Waals surface area contributed by atoms with Crippen LogP contribution < -0.4 is 15.4 Å². The zero-order chi connectivity index (χ0) is 20.5. The second kappa shape index (κ2) is 10.1. The number of rotatable bonds is 8. The van der Waals surface area contributed by atoms with Crippen molar-refractivity contribution in [3.8, 4) is 5.75 Å². The highest BCUT2D eigenvalue weighted by Gasteiger charge is 2.11. The van der Waals surface area contributed by atoms with E-state index in [2.05, 4.69) is 10.6 Å². The number of aryl methyl sites for hydroxylation is 2. The molecule has 2 amide bonds.